The van der Waals surface area contributed by atoms with E-state index < -0.39 is 28.9 Å². The third-order valence-electron chi connectivity index (χ3n) is 4.42. The van der Waals surface area contributed by atoms with E-state index in [9.17, 15) is 18.8 Å². The second kappa shape index (κ2) is 10.1. The fraction of sp³-hybridized carbons (Fsp3) is 0.190. The standard InChI is InChI=1S/C21H19FN4O5S/c1-11(13-5-8-16(31-2)15(22)9-13)25-26-21-24-18(27)10-17(32-21)19(28)23-14-6-3-12(4-7-14)20(29)30/h3-9,17H,10H2,1-2H3,(H,23,28)(H,29,30)(H,24,26,27)/b25-11-/t17-/m1/s1. The van der Waals surface area contributed by atoms with E-state index in [2.05, 4.69) is 20.8 Å². The lowest BCUT2D eigenvalue weighted by atomic mass is 10.1. The molecule has 0 bridgehead atoms. The van der Waals surface area contributed by atoms with Gasteiger partial charge < -0.3 is 20.5 Å². The van der Waals surface area contributed by atoms with Crippen LogP contribution in [-0.2, 0) is 9.59 Å². The maximum atomic E-state index is 13.9. The molecule has 2 amide bonds. The molecule has 1 saturated heterocycles. The van der Waals surface area contributed by atoms with Crippen LogP contribution < -0.4 is 15.4 Å². The summed E-state index contributed by atoms with van der Waals surface area (Å²) in [5.41, 5.74) is 1.38. The van der Waals surface area contributed by atoms with E-state index in [1.165, 1.54) is 43.5 Å². The van der Waals surface area contributed by atoms with Crippen LogP contribution >= 0.6 is 11.8 Å². The highest BCUT2D eigenvalue weighted by Crippen LogP contribution is 2.23. The molecule has 9 nitrogen and oxygen atoms in total. The number of amides is 2. The first-order valence-corrected chi connectivity index (χ1v) is 10.2. The average molecular weight is 458 g/mol. The van der Waals surface area contributed by atoms with E-state index in [4.69, 9.17) is 9.84 Å². The Bertz CT molecular complexity index is 1120. The Morgan fingerprint density at radius 2 is 1.91 bits per heavy atom. The molecule has 0 radical (unpaired) electrons. The Morgan fingerprint density at radius 3 is 2.53 bits per heavy atom. The fourth-order valence-electron chi connectivity index (χ4n) is 2.73. The molecule has 0 spiro atoms. The SMILES string of the molecule is COc1ccc(/C(C)=N\N=C2\NC(=O)C[C@H](C(=O)Nc3ccc(C(=O)O)cc3)S2)cc1F. The van der Waals surface area contributed by atoms with E-state index in [0.717, 1.165) is 11.8 Å². The number of ether oxygens (including phenoxy) is 1. The van der Waals surface area contributed by atoms with E-state index >= 15 is 0 Å². The molecular weight excluding hydrogens is 439 g/mol. The number of amidine groups is 1. The summed E-state index contributed by atoms with van der Waals surface area (Å²) >= 11 is 1.03. The molecule has 1 heterocycles. The molecular formula is C21H19FN4O5S. The maximum absolute atomic E-state index is 13.9. The molecule has 0 aliphatic carbocycles. The Balaban J connectivity index is 1.69. The number of methoxy groups -OCH3 is 1. The first-order valence-electron chi connectivity index (χ1n) is 9.33. The number of carbonyl (C=O) groups excluding carboxylic acids is 2. The monoisotopic (exact) mass is 458 g/mol. The summed E-state index contributed by atoms with van der Waals surface area (Å²) in [5, 5.41) is 21.5. The molecule has 1 fully saturated rings. The van der Waals surface area contributed by atoms with Crippen molar-refractivity contribution in [1.29, 1.82) is 0 Å². The first kappa shape index (κ1) is 22.9. The molecule has 166 valence electrons. The number of hydrogen-bond acceptors (Lipinski definition) is 7. The molecule has 1 aliphatic rings. The Morgan fingerprint density at radius 1 is 1.22 bits per heavy atom. The lowest BCUT2D eigenvalue weighted by molar-refractivity contribution is -0.123. The predicted octanol–water partition coefficient (Wildman–Crippen LogP) is 2.87. The summed E-state index contributed by atoms with van der Waals surface area (Å²) in [5.74, 6) is -2.34. The van der Waals surface area contributed by atoms with Crippen LogP contribution in [-0.4, -0.2) is 46.1 Å². The predicted molar refractivity (Wildman–Crippen MR) is 119 cm³/mol. The van der Waals surface area contributed by atoms with Crippen molar-refractivity contribution in [2.45, 2.75) is 18.6 Å². The van der Waals surface area contributed by atoms with Crippen molar-refractivity contribution in [2.75, 3.05) is 12.4 Å². The van der Waals surface area contributed by atoms with Gasteiger partial charge in [-0.05, 0) is 49.4 Å². The van der Waals surface area contributed by atoms with Crippen molar-refractivity contribution >= 4 is 46.1 Å². The maximum Gasteiger partial charge on any atom is 0.335 e. The number of nitrogens with zero attached hydrogens (tertiary/aromatic N) is 2. The molecule has 0 aromatic heterocycles. The molecule has 3 rings (SSSR count). The highest BCUT2D eigenvalue weighted by atomic mass is 32.2. The van der Waals surface area contributed by atoms with Crippen molar-refractivity contribution in [3.05, 3.63) is 59.4 Å². The molecule has 2 aromatic carbocycles. The van der Waals surface area contributed by atoms with Gasteiger partial charge in [0.05, 0.1) is 18.4 Å². The first-order chi connectivity index (χ1) is 15.3. The van der Waals surface area contributed by atoms with Crippen LogP contribution in [0.5, 0.6) is 5.75 Å². The Hall–Kier alpha value is -3.73. The molecule has 2 aromatic rings. The quantitative estimate of drug-likeness (QED) is 0.451. The van der Waals surface area contributed by atoms with Crippen LogP contribution in [0.2, 0.25) is 0 Å². The van der Waals surface area contributed by atoms with Crippen LogP contribution in [0.3, 0.4) is 0 Å². The number of halogens is 1. The van der Waals surface area contributed by atoms with E-state index in [1.54, 1.807) is 13.0 Å². The minimum atomic E-state index is -1.07. The van der Waals surface area contributed by atoms with Crippen molar-refractivity contribution in [1.82, 2.24) is 5.32 Å². The van der Waals surface area contributed by atoms with Gasteiger partial charge in [0.2, 0.25) is 11.8 Å². The van der Waals surface area contributed by atoms with Crippen molar-refractivity contribution in [2.24, 2.45) is 10.2 Å². The second-order valence-corrected chi connectivity index (χ2v) is 7.86. The highest BCUT2D eigenvalue weighted by Gasteiger charge is 2.30. The lowest BCUT2D eigenvalue weighted by Gasteiger charge is -2.21. The summed E-state index contributed by atoms with van der Waals surface area (Å²) in [7, 11) is 1.37. The Kier molecular flexibility index (Phi) is 7.21. The largest absolute Gasteiger partial charge is 0.494 e. The zero-order valence-corrected chi connectivity index (χ0v) is 17.9. The van der Waals surface area contributed by atoms with Gasteiger partial charge in [0, 0.05) is 17.7 Å². The minimum absolute atomic E-state index is 0.0604. The molecule has 32 heavy (non-hydrogen) atoms. The third kappa shape index (κ3) is 5.70. The van der Waals surface area contributed by atoms with Gasteiger partial charge in [0.15, 0.2) is 16.7 Å². The summed E-state index contributed by atoms with van der Waals surface area (Å²) < 4.78 is 18.8. The van der Waals surface area contributed by atoms with Gasteiger partial charge in [-0.2, -0.15) is 5.10 Å². The zero-order chi connectivity index (χ0) is 23.3. The number of rotatable bonds is 6. The summed E-state index contributed by atoms with van der Waals surface area (Å²) in [6.07, 6.45) is -0.0604. The van der Waals surface area contributed by atoms with Crippen LogP contribution in [0.1, 0.15) is 29.3 Å². The molecule has 1 atom stereocenters. The number of carboxylic acids is 1. The number of anilines is 1. The van der Waals surface area contributed by atoms with E-state index in [1.807, 2.05) is 0 Å². The van der Waals surface area contributed by atoms with E-state index in [0.29, 0.717) is 17.0 Å². The Labute approximate surface area is 186 Å². The molecule has 0 unspecified atom stereocenters. The van der Waals surface area contributed by atoms with Gasteiger partial charge in [0.25, 0.3) is 0 Å². The normalized spacial score (nSPS) is 17.6. The van der Waals surface area contributed by atoms with Crippen molar-refractivity contribution < 1.29 is 28.6 Å². The van der Waals surface area contributed by atoms with Crippen molar-refractivity contribution in [3.8, 4) is 5.75 Å². The molecule has 11 heteroatoms. The number of aromatic carboxylic acids is 1. The highest BCUT2D eigenvalue weighted by molar-refractivity contribution is 8.15. The van der Waals surface area contributed by atoms with Crippen LogP contribution in [0.4, 0.5) is 10.1 Å². The summed E-state index contributed by atoms with van der Waals surface area (Å²) in [6.45, 7) is 1.63. The number of nitrogens with one attached hydrogen (secondary N) is 2. The van der Waals surface area contributed by atoms with Crippen LogP contribution in [0.15, 0.2) is 52.7 Å². The van der Waals surface area contributed by atoms with Gasteiger partial charge in [-0.1, -0.05) is 11.8 Å². The van der Waals surface area contributed by atoms with Crippen molar-refractivity contribution in [3.63, 3.8) is 0 Å². The third-order valence-corrected chi connectivity index (χ3v) is 5.50. The number of benzene rings is 2. The lowest BCUT2D eigenvalue weighted by Crippen LogP contribution is -2.41. The fourth-order valence-corrected chi connectivity index (χ4v) is 3.66. The number of carbonyl (C=O) groups is 3. The number of carboxylic acid groups (broad SMARTS) is 1. The van der Waals surface area contributed by atoms with Gasteiger partial charge >= 0.3 is 5.97 Å². The average Bonchev–Trinajstić information content (AvgIpc) is 2.77. The number of thioether (sulfide) groups is 1. The second-order valence-electron chi connectivity index (χ2n) is 6.67. The van der Waals surface area contributed by atoms with Gasteiger partial charge in [-0.3, -0.25) is 9.59 Å². The van der Waals surface area contributed by atoms with Gasteiger partial charge in [-0.25, -0.2) is 9.18 Å². The zero-order valence-electron chi connectivity index (χ0n) is 17.1. The smallest absolute Gasteiger partial charge is 0.335 e. The van der Waals surface area contributed by atoms with E-state index in [-0.39, 0.29) is 22.9 Å². The molecule has 0 saturated carbocycles. The minimum Gasteiger partial charge on any atom is -0.494 e. The summed E-state index contributed by atoms with van der Waals surface area (Å²) in [6, 6.07) is 10.0. The topological polar surface area (TPSA) is 129 Å². The van der Waals surface area contributed by atoms with Crippen LogP contribution in [0, 0.1) is 5.82 Å². The summed E-state index contributed by atoms with van der Waals surface area (Å²) in [4.78, 5) is 35.5. The number of hydrogen-bond donors (Lipinski definition) is 3. The molecule has 3 N–H and O–H groups in total. The van der Waals surface area contributed by atoms with Crippen LogP contribution in [0.25, 0.3) is 0 Å². The van der Waals surface area contributed by atoms with Gasteiger partial charge in [-0.15, -0.1) is 5.10 Å². The molecule has 1 aliphatic heterocycles. The van der Waals surface area contributed by atoms with Gasteiger partial charge in [0.1, 0.15) is 5.25 Å².